The molecule has 21 nitrogen and oxygen atoms in total. The number of benzene rings is 4. The summed E-state index contributed by atoms with van der Waals surface area (Å²) in [5.41, 5.74) is 11.1. The van der Waals surface area contributed by atoms with Gasteiger partial charge in [-0.15, -0.1) is 0 Å². The van der Waals surface area contributed by atoms with Crippen LogP contribution in [0.3, 0.4) is 0 Å². The lowest BCUT2D eigenvalue weighted by atomic mass is 9.98. The third kappa shape index (κ3) is 16.3. The number of carbonyl (C=O) groups is 7. The molecule has 420 valence electrons. The molecule has 5 amide bonds. The Morgan fingerprint density at radius 1 is 0.808 bits per heavy atom. The van der Waals surface area contributed by atoms with Crippen molar-refractivity contribution in [2.75, 3.05) is 33.9 Å². The SMILES string of the molecule is COc1cc(C)c(S(=O)(=O)NC(N)=NCCC[C@H](NC(=O)OCC2c3ccccc3-c3ccccc32)C(=O)NCC(=O)N[C@@H](CC(=O)OC(C)(C)C)C(=O)N[C@H](Cc2ccccc2)C(=O)N(C)[C@H](C(=O)O)C(C)C)c(C)c1C. The van der Waals surface area contributed by atoms with Gasteiger partial charge < -0.3 is 51.2 Å². The Balaban J connectivity index is 1.33. The van der Waals surface area contributed by atoms with Crippen molar-refractivity contribution < 1.29 is 61.3 Å². The highest BCUT2D eigenvalue weighted by Gasteiger charge is 2.37. The lowest BCUT2D eigenvalue weighted by molar-refractivity contribution is -0.157. The second-order valence-electron chi connectivity index (χ2n) is 20.4. The largest absolute Gasteiger partial charge is 0.496 e. The van der Waals surface area contributed by atoms with Crippen molar-refractivity contribution in [1.82, 2.24) is 30.9 Å². The zero-order valence-corrected chi connectivity index (χ0v) is 46.5. The predicted octanol–water partition coefficient (Wildman–Crippen LogP) is 4.53. The zero-order valence-electron chi connectivity index (χ0n) is 45.7. The number of alkyl carbamates (subject to hydrolysis) is 1. The molecule has 0 saturated carbocycles. The Bertz CT molecular complexity index is 2950. The van der Waals surface area contributed by atoms with Crippen molar-refractivity contribution in [2.45, 2.75) is 122 Å². The molecule has 0 spiro atoms. The summed E-state index contributed by atoms with van der Waals surface area (Å²) in [5, 5.41) is 20.1. The molecule has 0 aliphatic heterocycles. The first-order chi connectivity index (χ1) is 36.7. The van der Waals surface area contributed by atoms with Gasteiger partial charge >= 0.3 is 18.0 Å². The van der Waals surface area contributed by atoms with Crippen LogP contribution in [0.25, 0.3) is 11.1 Å². The summed E-state index contributed by atoms with van der Waals surface area (Å²) in [7, 11) is -1.41. The molecule has 0 heterocycles. The monoisotopic (exact) mass is 1100 g/mol. The number of guanidine groups is 1. The lowest BCUT2D eigenvalue weighted by Gasteiger charge is -2.32. The van der Waals surface area contributed by atoms with Crippen molar-refractivity contribution in [3.05, 3.63) is 118 Å². The summed E-state index contributed by atoms with van der Waals surface area (Å²) < 4.78 is 45.9. The van der Waals surface area contributed by atoms with Gasteiger partial charge in [0.25, 0.3) is 10.0 Å². The smallest absolute Gasteiger partial charge is 0.407 e. The Hall–Kier alpha value is -8.01. The molecule has 0 bridgehead atoms. The highest BCUT2D eigenvalue weighted by atomic mass is 32.2. The molecular weight excluding hydrogens is 1020 g/mol. The molecule has 22 heteroatoms. The zero-order chi connectivity index (χ0) is 57.6. The minimum absolute atomic E-state index is 0.00626. The first-order valence-electron chi connectivity index (χ1n) is 25.4. The van der Waals surface area contributed by atoms with Crippen molar-refractivity contribution in [1.29, 1.82) is 0 Å². The van der Waals surface area contributed by atoms with Crippen LogP contribution in [0.5, 0.6) is 5.75 Å². The number of nitrogens with one attached hydrogen (secondary N) is 5. The summed E-state index contributed by atoms with van der Waals surface area (Å²) >= 11 is 0. The number of hydrogen-bond donors (Lipinski definition) is 7. The summed E-state index contributed by atoms with van der Waals surface area (Å²) in [6, 6.07) is 20.0. The van der Waals surface area contributed by atoms with Gasteiger partial charge in [0, 0.05) is 25.9 Å². The number of aliphatic carboxylic acids is 1. The van der Waals surface area contributed by atoms with Crippen LogP contribution < -0.4 is 36.5 Å². The van der Waals surface area contributed by atoms with Crippen LogP contribution >= 0.6 is 0 Å². The number of methoxy groups -OCH3 is 1. The van der Waals surface area contributed by atoms with Gasteiger partial charge in [-0.05, 0) is 111 Å². The maximum Gasteiger partial charge on any atom is 0.407 e. The Labute approximate surface area is 455 Å². The van der Waals surface area contributed by atoms with Gasteiger partial charge in [-0.2, -0.15) is 0 Å². The van der Waals surface area contributed by atoms with Crippen molar-refractivity contribution in [2.24, 2.45) is 16.6 Å². The first-order valence-corrected chi connectivity index (χ1v) is 26.9. The number of sulfonamides is 1. The van der Waals surface area contributed by atoms with Crippen LogP contribution in [0.15, 0.2) is 94.8 Å². The average Bonchev–Trinajstić information content (AvgIpc) is 3.81. The van der Waals surface area contributed by atoms with E-state index >= 15 is 0 Å². The Morgan fingerprint density at radius 3 is 1.99 bits per heavy atom. The van der Waals surface area contributed by atoms with Crippen molar-refractivity contribution in [3.63, 3.8) is 0 Å². The number of ether oxygens (including phenoxy) is 3. The number of aliphatic imine (C=N–C) groups is 1. The number of hydrogen-bond acceptors (Lipinski definition) is 13. The number of amides is 5. The molecule has 4 aromatic rings. The van der Waals surface area contributed by atoms with Crippen LogP contribution in [-0.4, -0.2) is 130 Å². The van der Waals surface area contributed by atoms with Gasteiger partial charge in [0.15, 0.2) is 0 Å². The maximum atomic E-state index is 14.2. The van der Waals surface area contributed by atoms with Gasteiger partial charge in [0.05, 0.1) is 25.0 Å². The molecule has 78 heavy (non-hydrogen) atoms. The van der Waals surface area contributed by atoms with E-state index in [1.54, 1.807) is 91.8 Å². The van der Waals surface area contributed by atoms with Gasteiger partial charge in [-0.1, -0.05) is 92.7 Å². The summed E-state index contributed by atoms with van der Waals surface area (Å²) in [4.78, 5) is 100. The fourth-order valence-corrected chi connectivity index (χ4v) is 10.8. The minimum Gasteiger partial charge on any atom is -0.496 e. The molecule has 5 rings (SSSR count). The Morgan fingerprint density at radius 2 is 1.41 bits per heavy atom. The summed E-state index contributed by atoms with van der Waals surface area (Å²) in [6.07, 6.45) is -1.82. The van der Waals surface area contributed by atoms with E-state index < -0.39 is 106 Å². The number of carboxylic acid groups (broad SMARTS) is 1. The molecular formula is C56H72N8O13S. The maximum absolute atomic E-state index is 14.2. The van der Waals surface area contributed by atoms with Gasteiger partial charge in [0.2, 0.25) is 29.6 Å². The molecule has 1 aliphatic rings. The molecule has 1 aliphatic carbocycles. The lowest BCUT2D eigenvalue weighted by Crippen LogP contribution is -2.58. The molecule has 0 saturated heterocycles. The topological polar surface area (TPSA) is 303 Å². The standard InChI is InChI=1S/C56H72N8O13S/c1-32(2)48(53(70)71)64(9)52(69)44(28-36-19-12-11-13-20-36)61-51(68)43(29-47(66)77-56(6,7)8)60-46(65)30-59-50(67)42(62-55(72)76-31-41-39-23-16-14-21-37(39)38-22-15-17-24-40(38)41)25-18-26-58-54(57)63-78(73,74)49-33(3)27-45(75-10)34(4)35(49)5/h11-17,19-24,27,32,41-44,48H,18,25-26,28-31H2,1-10H3,(H,59,67)(H,60,65)(H,61,68)(H,62,72)(H,70,71)(H3,57,58,63)/t42-,43-,44+,48-/m0/s1. The summed E-state index contributed by atoms with van der Waals surface area (Å²) in [5.74, 6) is -6.44. The fraction of sp³-hybridized carbons (Fsp3) is 0.429. The Kier molecular flexibility index (Phi) is 20.9. The number of fused-ring (bicyclic) bond motifs is 3. The van der Waals surface area contributed by atoms with Crippen LogP contribution in [0.1, 0.15) is 93.2 Å². The minimum atomic E-state index is -4.21. The molecule has 0 aromatic heterocycles. The number of esters is 1. The number of likely N-dealkylation sites (N-methyl/N-ethyl adjacent to an activating group) is 1. The van der Waals surface area contributed by atoms with Crippen LogP contribution in [0.2, 0.25) is 0 Å². The molecule has 0 fully saturated rings. The fourth-order valence-electron chi connectivity index (χ4n) is 9.31. The van der Waals surface area contributed by atoms with E-state index in [9.17, 15) is 47.1 Å². The van der Waals surface area contributed by atoms with E-state index in [0.717, 1.165) is 27.2 Å². The number of carbonyl (C=O) groups excluding carboxylic acids is 6. The van der Waals surface area contributed by atoms with E-state index in [2.05, 4.69) is 31.0 Å². The van der Waals surface area contributed by atoms with E-state index in [0.29, 0.717) is 28.0 Å². The number of carboxylic acids is 1. The number of aryl methyl sites for hydroxylation is 1. The van der Waals surface area contributed by atoms with Gasteiger partial charge in [-0.3, -0.25) is 29.0 Å². The molecule has 8 N–H and O–H groups in total. The predicted molar refractivity (Wildman–Crippen MR) is 292 cm³/mol. The number of nitrogens with zero attached hydrogens (tertiary/aromatic N) is 2. The van der Waals surface area contributed by atoms with Crippen LogP contribution in [0, 0.1) is 26.7 Å². The van der Waals surface area contributed by atoms with Gasteiger partial charge in [-0.25, -0.2) is 22.7 Å². The highest BCUT2D eigenvalue weighted by molar-refractivity contribution is 7.90. The first kappa shape index (κ1) is 60.9. The van der Waals surface area contributed by atoms with E-state index in [1.807, 2.05) is 48.5 Å². The van der Waals surface area contributed by atoms with Crippen LogP contribution in [0.4, 0.5) is 4.79 Å². The second-order valence-corrected chi connectivity index (χ2v) is 22.0. The van der Waals surface area contributed by atoms with E-state index in [4.69, 9.17) is 19.9 Å². The molecule has 0 unspecified atom stereocenters. The third-order valence-electron chi connectivity index (χ3n) is 13.0. The number of nitrogens with two attached hydrogens (primary N) is 1. The van der Waals surface area contributed by atoms with Crippen molar-refractivity contribution >= 4 is 57.6 Å². The highest BCUT2D eigenvalue weighted by Crippen LogP contribution is 2.44. The normalized spacial score (nSPS) is 13.9. The number of rotatable bonds is 24. The molecule has 4 aromatic carbocycles. The second kappa shape index (κ2) is 26.8. The van der Waals surface area contributed by atoms with Crippen molar-refractivity contribution in [3.8, 4) is 16.9 Å². The molecule has 4 atom stereocenters. The molecule has 0 radical (unpaired) electrons. The summed E-state index contributed by atoms with van der Waals surface area (Å²) in [6.45, 7) is 12.1. The van der Waals surface area contributed by atoms with Crippen LogP contribution in [-0.2, 0) is 54.7 Å². The average molecular weight is 1100 g/mol. The van der Waals surface area contributed by atoms with E-state index in [1.165, 1.54) is 14.2 Å². The third-order valence-corrected chi connectivity index (χ3v) is 14.6. The van der Waals surface area contributed by atoms with E-state index in [-0.39, 0.29) is 43.2 Å². The quantitative estimate of drug-likeness (QED) is 0.0220. The van der Waals surface area contributed by atoms with Gasteiger partial charge in [0.1, 0.15) is 42.1 Å².